The normalized spacial score (nSPS) is 11.9. The van der Waals surface area contributed by atoms with Gasteiger partial charge in [0, 0.05) is 22.9 Å². The first-order valence-electron chi connectivity index (χ1n) is 14.2. The zero-order valence-corrected chi connectivity index (χ0v) is 25.5. The molecule has 6 rings (SSSR count). The Bertz CT molecular complexity index is 1960. The standard InChI is InChI=1S/C38H34N2OS/c1-24-16-17-25(2)32(20-24)27-11-8-10-26(21-27)30-13-9-15-35-36(30)40-37(42-35)31-12-6-7-14-33(31)39-23-28-22-29(38(3,4)5)18-19-34(28)41/h6-23,41H,1-5H3. The SMILES string of the molecule is Cc1ccc(C)c(-c2cccc(-c3cccc4sc(-c5ccccc5N=Cc5cc(C(C)(C)C)ccc5O)nc34)c2)c1. The maximum Gasteiger partial charge on any atom is 0.126 e. The lowest BCUT2D eigenvalue weighted by molar-refractivity contribution is 0.473. The molecular weight excluding hydrogens is 532 g/mol. The Kier molecular flexibility index (Phi) is 7.26. The number of hydrogen-bond donors (Lipinski definition) is 1. The molecule has 0 saturated heterocycles. The van der Waals surface area contributed by atoms with Crippen LogP contribution in [0.5, 0.6) is 5.75 Å². The lowest BCUT2D eigenvalue weighted by Crippen LogP contribution is -2.11. The number of phenols is 1. The predicted octanol–water partition coefficient (Wildman–Crippen LogP) is 10.7. The fourth-order valence-corrected chi connectivity index (χ4v) is 6.26. The van der Waals surface area contributed by atoms with Crippen LogP contribution in [0.15, 0.2) is 108 Å². The first kappa shape index (κ1) is 27.6. The molecule has 4 heteroatoms. The summed E-state index contributed by atoms with van der Waals surface area (Å²) in [7, 11) is 0. The number of aliphatic imine (C=N–C) groups is 1. The van der Waals surface area contributed by atoms with Gasteiger partial charge in [-0.2, -0.15) is 0 Å². The molecule has 0 fully saturated rings. The van der Waals surface area contributed by atoms with Crippen molar-refractivity contribution >= 4 is 33.5 Å². The number of aromatic nitrogens is 1. The van der Waals surface area contributed by atoms with E-state index in [2.05, 4.69) is 101 Å². The lowest BCUT2D eigenvalue weighted by atomic mass is 9.86. The van der Waals surface area contributed by atoms with Crippen LogP contribution in [0.2, 0.25) is 0 Å². The minimum absolute atomic E-state index is 0.0225. The van der Waals surface area contributed by atoms with Gasteiger partial charge in [0.1, 0.15) is 10.8 Å². The molecule has 0 amide bonds. The first-order chi connectivity index (χ1) is 20.2. The molecule has 0 unspecified atom stereocenters. The molecule has 1 N–H and O–H groups in total. The Morgan fingerprint density at radius 3 is 2.29 bits per heavy atom. The molecule has 0 spiro atoms. The molecule has 1 aromatic heterocycles. The average Bonchev–Trinajstić information content (AvgIpc) is 3.42. The Hall–Kier alpha value is -4.54. The molecule has 0 radical (unpaired) electrons. The quantitative estimate of drug-likeness (QED) is 0.211. The Morgan fingerprint density at radius 1 is 0.738 bits per heavy atom. The molecule has 42 heavy (non-hydrogen) atoms. The van der Waals surface area contributed by atoms with Crippen LogP contribution in [-0.4, -0.2) is 16.3 Å². The van der Waals surface area contributed by atoms with Gasteiger partial charge in [0.05, 0.1) is 15.9 Å². The topological polar surface area (TPSA) is 45.5 Å². The number of benzene rings is 5. The van der Waals surface area contributed by atoms with E-state index in [9.17, 15) is 5.11 Å². The summed E-state index contributed by atoms with van der Waals surface area (Å²) in [6.45, 7) is 10.8. The van der Waals surface area contributed by atoms with E-state index in [1.807, 2.05) is 30.3 Å². The zero-order chi connectivity index (χ0) is 29.4. The number of nitrogens with zero attached hydrogens (tertiary/aromatic N) is 2. The van der Waals surface area contributed by atoms with Gasteiger partial charge in [0.15, 0.2) is 0 Å². The number of hydrogen-bond acceptors (Lipinski definition) is 4. The molecule has 1 heterocycles. The maximum absolute atomic E-state index is 10.5. The van der Waals surface area contributed by atoms with E-state index in [4.69, 9.17) is 9.98 Å². The molecule has 208 valence electrons. The van der Waals surface area contributed by atoms with Crippen molar-refractivity contribution in [3.05, 3.63) is 125 Å². The molecule has 0 saturated carbocycles. The minimum atomic E-state index is -0.0225. The van der Waals surface area contributed by atoms with E-state index >= 15 is 0 Å². The highest BCUT2D eigenvalue weighted by atomic mass is 32.1. The number of aryl methyl sites for hydroxylation is 2. The molecule has 0 aliphatic heterocycles. The van der Waals surface area contributed by atoms with E-state index < -0.39 is 0 Å². The lowest BCUT2D eigenvalue weighted by Gasteiger charge is -2.19. The minimum Gasteiger partial charge on any atom is -0.507 e. The van der Waals surface area contributed by atoms with Crippen LogP contribution in [-0.2, 0) is 5.41 Å². The largest absolute Gasteiger partial charge is 0.507 e. The second-order valence-corrected chi connectivity index (χ2v) is 12.9. The van der Waals surface area contributed by atoms with Crippen LogP contribution in [0.25, 0.3) is 43.0 Å². The number of rotatable bonds is 5. The number of phenolic OH excluding ortho intramolecular Hbond substituents is 1. The Morgan fingerprint density at radius 2 is 1.48 bits per heavy atom. The molecule has 3 nitrogen and oxygen atoms in total. The molecule has 0 aliphatic rings. The van der Waals surface area contributed by atoms with E-state index in [1.165, 1.54) is 22.3 Å². The van der Waals surface area contributed by atoms with E-state index in [0.29, 0.717) is 5.56 Å². The maximum atomic E-state index is 10.5. The third-order valence-corrected chi connectivity index (χ3v) is 8.72. The van der Waals surface area contributed by atoms with Crippen molar-refractivity contribution in [2.75, 3.05) is 0 Å². The summed E-state index contributed by atoms with van der Waals surface area (Å²) in [5.41, 5.74) is 11.9. The number of fused-ring (bicyclic) bond motifs is 1. The van der Waals surface area contributed by atoms with Crippen LogP contribution in [0, 0.1) is 13.8 Å². The summed E-state index contributed by atoms with van der Waals surface area (Å²) in [5.74, 6) is 0.219. The molecule has 6 aromatic rings. The summed E-state index contributed by atoms with van der Waals surface area (Å²) in [6, 6.07) is 35.6. The van der Waals surface area contributed by atoms with Crippen LogP contribution in [0.4, 0.5) is 5.69 Å². The number of aromatic hydroxyl groups is 1. The molecule has 0 bridgehead atoms. The van der Waals surface area contributed by atoms with Gasteiger partial charge in [-0.3, -0.25) is 4.99 Å². The van der Waals surface area contributed by atoms with Gasteiger partial charge >= 0.3 is 0 Å². The van der Waals surface area contributed by atoms with Crippen molar-refractivity contribution in [1.82, 2.24) is 4.98 Å². The molecule has 5 aromatic carbocycles. The highest BCUT2D eigenvalue weighted by Gasteiger charge is 2.16. The van der Waals surface area contributed by atoms with Crippen molar-refractivity contribution in [3.63, 3.8) is 0 Å². The second kappa shape index (κ2) is 11.0. The fourth-order valence-electron chi connectivity index (χ4n) is 5.23. The molecular formula is C38H34N2OS. The fraction of sp³-hybridized carbons (Fsp3) is 0.158. The van der Waals surface area contributed by atoms with Gasteiger partial charge in [-0.05, 0) is 83.5 Å². The summed E-state index contributed by atoms with van der Waals surface area (Å²) >= 11 is 1.67. The third kappa shape index (κ3) is 5.50. The van der Waals surface area contributed by atoms with Crippen LogP contribution < -0.4 is 0 Å². The van der Waals surface area contributed by atoms with Gasteiger partial charge in [-0.1, -0.05) is 93.1 Å². The Labute approximate surface area is 251 Å². The van der Waals surface area contributed by atoms with Crippen LogP contribution in [0.3, 0.4) is 0 Å². The summed E-state index contributed by atoms with van der Waals surface area (Å²) in [6.07, 6.45) is 1.75. The third-order valence-electron chi connectivity index (χ3n) is 7.67. The van der Waals surface area contributed by atoms with Crippen molar-refractivity contribution in [2.24, 2.45) is 4.99 Å². The Balaban J connectivity index is 1.39. The van der Waals surface area contributed by atoms with Crippen molar-refractivity contribution in [1.29, 1.82) is 0 Å². The van der Waals surface area contributed by atoms with Gasteiger partial charge in [-0.25, -0.2) is 4.98 Å². The predicted molar refractivity (Wildman–Crippen MR) is 179 cm³/mol. The summed E-state index contributed by atoms with van der Waals surface area (Å²) in [4.78, 5) is 10.00. The van der Waals surface area contributed by atoms with Gasteiger partial charge in [-0.15, -0.1) is 11.3 Å². The van der Waals surface area contributed by atoms with Gasteiger partial charge < -0.3 is 5.11 Å². The first-order valence-corrected chi connectivity index (χ1v) is 15.0. The van der Waals surface area contributed by atoms with E-state index in [1.54, 1.807) is 23.6 Å². The van der Waals surface area contributed by atoms with Gasteiger partial charge in [0.25, 0.3) is 0 Å². The smallest absolute Gasteiger partial charge is 0.126 e. The van der Waals surface area contributed by atoms with Crippen LogP contribution >= 0.6 is 11.3 Å². The molecule has 0 atom stereocenters. The summed E-state index contributed by atoms with van der Waals surface area (Å²) < 4.78 is 1.13. The van der Waals surface area contributed by atoms with Gasteiger partial charge in [0.2, 0.25) is 0 Å². The number of para-hydroxylation sites is 2. The van der Waals surface area contributed by atoms with E-state index in [0.717, 1.165) is 43.2 Å². The van der Waals surface area contributed by atoms with Crippen molar-refractivity contribution in [2.45, 2.75) is 40.0 Å². The van der Waals surface area contributed by atoms with Crippen molar-refractivity contribution in [3.8, 4) is 38.6 Å². The second-order valence-electron chi connectivity index (χ2n) is 11.9. The monoisotopic (exact) mass is 566 g/mol. The van der Waals surface area contributed by atoms with E-state index in [-0.39, 0.29) is 11.2 Å². The van der Waals surface area contributed by atoms with Crippen LogP contribution in [0.1, 0.15) is 43.0 Å². The highest BCUT2D eigenvalue weighted by molar-refractivity contribution is 7.21. The summed E-state index contributed by atoms with van der Waals surface area (Å²) in [5, 5.41) is 11.4. The number of thiazole rings is 1. The van der Waals surface area contributed by atoms with Crippen molar-refractivity contribution < 1.29 is 5.11 Å². The average molecular weight is 567 g/mol. The zero-order valence-electron chi connectivity index (χ0n) is 24.6. The highest BCUT2D eigenvalue weighted by Crippen LogP contribution is 2.40. The molecule has 0 aliphatic carbocycles.